The third kappa shape index (κ3) is 9.95. The Morgan fingerprint density at radius 2 is 1.79 bits per heavy atom. The Hall–Kier alpha value is -1.05. The van der Waals surface area contributed by atoms with E-state index in [1.165, 1.54) is 0 Å². The number of unbranched alkanes of at least 4 members (excludes halogenated alkanes) is 2. The Balaban J connectivity index is 4.01. The highest BCUT2D eigenvalue weighted by Crippen LogP contribution is 2.14. The lowest BCUT2D eigenvalue weighted by atomic mass is 10.0. The Bertz CT molecular complexity index is 376. The monoisotopic (exact) mass is 360 g/mol. The molecule has 1 N–H and O–H groups in total. The maximum absolute atomic E-state index is 11.9. The van der Waals surface area contributed by atoms with E-state index < -0.39 is 8.80 Å². The second kappa shape index (κ2) is 14.3. The van der Waals surface area contributed by atoms with Gasteiger partial charge in [0.1, 0.15) is 0 Å². The van der Waals surface area contributed by atoms with Crippen LogP contribution >= 0.6 is 0 Å². The highest BCUT2D eigenvalue weighted by atomic mass is 28.4. The summed E-state index contributed by atoms with van der Waals surface area (Å²) in [5.41, 5.74) is 0. The Kier molecular flexibility index (Phi) is 13.7. The van der Waals surface area contributed by atoms with E-state index in [4.69, 9.17) is 13.3 Å². The van der Waals surface area contributed by atoms with Crippen molar-refractivity contribution in [3.05, 3.63) is 0 Å². The van der Waals surface area contributed by atoms with Gasteiger partial charge >= 0.3 is 8.80 Å². The highest BCUT2D eigenvalue weighted by Gasteiger charge is 2.36. The number of rotatable bonds is 15. The fourth-order valence-corrected chi connectivity index (χ4v) is 4.18. The summed E-state index contributed by atoms with van der Waals surface area (Å²) >= 11 is 0. The van der Waals surface area contributed by atoms with Gasteiger partial charge in [-0.05, 0) is 19.3 Å². The maximum Gasteiger partial charge on any atom is 0.500 e. The van der Waals surface area contributed by atoms with E-state index in [0.717, 1.165) is 32.1 Å². The van der Waals surface area contributed by atoms with Crippen LogP contribution in [0.15, 0.2) is 4.99 Å². The molecule has 24 heavy (non-hydrogen) atoms. The van der Waals surface area contributed by atoms with Crippen molar-refractivity contribution in [2.75, 3.05) is 27.9 Å². The molecule has 0 aliphatic heterocycles. The molecule has 0 rings (SSSR count). The molecule has 0 aliphatic carbocycles. The Morgan fingerprint density at radius 3 is 2.33 bits per heavy atom. The van der Waals surface area contributed by atoms with E-state index in [9.17, 15) is 9.59 Å². The fourth-order valence-electron chi connectivity index (χ4n) is 2.45. The molecular formula is C16H32N2O5Si. The van der Waals surface area contributed by atoms with Crippen LogP contribution in [0.25, 0.3) is 0 Å². The van der Waals surface area contributed by atoms with Crippen LogP contribution in [0.4, 0.5) is 0 Å². The first kappa shape index (κ1) is 22.9. The molecule has 0 radical (unpaired) electrons. The average Bonchev–Trinajstić information content (AvgIpc) is 2.60. The number of hydrogen-bond donors (Lipinski definition) is 1. The number of isocyanates is 1. The fraction of sp³-hybridized carbons (Fsp3) is 0.875. The predicted octanol–water partition coefficient (Wildman–Crippen LogP) is 2.44. The van der Waals surface area contributed by atoms with Gasteiger partial charge in [0, 0.05) is 40.3 Å². The summed E-state index contributed by atoms with van der Waals surface area (Å²) in [6.45, 7) is 2.67. The number of hydrogen-bond acceptors (Lipinski definition) is 6. The van der Waals surface area contributed by atoms with Gasteiger partial charge in [0.25, 0.3) is 0 Å². The standard InChI is InChI=1S/C16H32N2O5Si/c1-5-6-7-9-15(18-14-19)10-11-16(20)17-12-8-13-24(21-2,22-3)23-4/h15H,5-13H2,1-4H3,(H,17,20). The van der Waals surface area contributed by atoms with Crippen LogP contribution in [-0.2, 0) is 22.9 Å². The van der Waals surface area contributed by atoms with Crippen molar-refractivity contribution in [3.8, 4) is 0 Å². The van der Waals surface area contributed by atoms with Gasteiger partial charge < -0.3 is 18.6 Å². The third-order valence-electron chi connectivity index (χ3n) is 4.00. The molecule has 0 bridgehead atoms. The summed E-state index contributed by atoms with van der Waals surface area (Å²) in [5, 5.41) is 2.87. The van der Waals surface area contributed by atoms with Gasteiger partial charge in [-0.15, -0.1) is 0 Å². The number of carbonyl (C=O) groups is 1. The highest BCUT2D eigenvalue weighted by molar-refractivity contribution is 6.60. The molecule has 0 fully saturated rings. The minimum absolute atomic E-state index is 0.0314. The number of aliphatic imine (C=N–C) groups is 1. The van der Waals surface area contributed by atoms with Crippen molar-refractivity contribution < 1.29 is 22.9 Å². The van der Waals surface area contributed by atoms with E-state index in [2.05, 4.69) is 17.2 Å². The summed E-state index contributed by atoms with van der Waals surface area (Å²) < 4.78 is 16.0. The topological polar surface area (TPSA) is 86.2 Å². The number of carbonyl (C=O) groups excluding carboxylic acids is 2. The van der Waals surface area contributed by atoms with Crippen LogP contribution in [-0.4, -0.2) is 54.7 Å². The second-order valence-corrected chi connectivity index (χ2v) is 8.75. The molecule has 140 valence electrons. The molecule has 0 aliphatic rings. The third-order valence-corrected chi connectivity index (χ3v) is 6.83. The molecule has 1 amide bonds. The molecule has 0 heterocycles. The molecular weight excluding hydrogens is 328 g/mol. The van der Waals surface area contributed by atoms with Gasteiger partial charge in [0.2, 0.25) is 12.0 Å². The molecule has 7 nitrogen and oxygen atoms in total. The molecule has 0 aromatic rings. The van der Waals surface area contributed by atoms with Gasteiger partial charge in [-0.25, -0.2) is 9.79 Å². The van der Waals surface area contributed by atoms with Crippen LogP contribution in [0, 0.1) is 0 Å². The van der Waals surface area contributed by atoms with E-state index in [1.54, 1.807) is 27.4 Å². The predicted molar refractivity (Wildman–Crippen MR) is 94.5 cm³/mol. The molecule has 1 atom stereocenters. The van der Waals surface area contributed by atoms with Gasteiger partial charge in [-0.3, -0.25) is 4.79 Å². The lowest BCUT2D eigenvalue weighted by Crippen LogP contribution is -2.43. The van der Waals surface area contributed by atoms with Crippen molar-refractivity contribution in [2.45, 2.75) is 64.0 Å². The van der Waals surface area contributed by atoms with E-state index in [1.807, 2.05) is 0 Å². The normalized spacial score (nSPS) is 12.5. The van der Waals surface area contributed by atoms with Crippen LogP contribution < -0.4 is 5.32 Å². The zero-order valence-corrected chi connectivity index (χ0v) is 16.4. The molecule has 0 aromatic carbocycles. The van der Waals surface area contributed by atoms with Crippen LogP contribution in [0.1, 0.15) is 51.9 Å². The minimum atomic E-state index is -2.56. The maximum atomic E-state index is 11.9. The SMILES string of the molecule is CCCCCC(CCC(=O)NCCC[Si](OC)(OC)OC)N=C=O. The lowest BCUT2D eigenvalue weighted by Gasteiger charge is -2.24. The van der Waals surface area contributed by atoms with Crippen molar-refractivity contribution in [3.63, 3.8) is 0 Å². The summed E-state index contributed by atoms with van der Waals surface area (Å²) in [6, 6.07) is 0.543. The number of amides is 1. The Labute approximate surface area is 146 Å². The van der Waals surface area contributed by atoms with Crippen LogP contribution in [0.3, 0.4) is 0 Å². The molecule has 0 saturated heterocycles. The summed E-state index contributed by atoms with van der Waals surface area (Å²) in [4.78, 5) is 26.1. The molecule has 8 heteroatoms. The number of nitrogens with zero attached hydrogens (tertiary/aromatic N) is 1. The summed E-state index contributed by atoms with van der Waals surface area (Å²) in [6.07, 6.45) is 7.36. The smallest absolute Gasteiger partial charge is 0.377 e. The second-order valence-electron chi connectivity index (χ2n) is 5.66. The Morgan fingerprint density at radius 1 is 1.12 bits per heavy atom. The number of nitrogens with one attached hydrogen (secondary N) is 1. The zero-order valence-electron chi connectivity index (χ0n) is 15.4. The first-order chi connectivity index (χ1) is 11.6. The van der Waals surface area contributed by atoms with Crippen LogP contribution in [0.2, 0.25) is 6.04 Å². The van der Waals surface area contributed by atoms with E-state index in [0.29, 0.717) is 25.4 Å². The van der Waals surface area contributed by atoms with Crippen molar-refractivity contribution in [1.29, 1.82) is 0 Å². The first-order valence-corrected chi connectivity index (χ1v) is 10.5. The molecule has 0 aromatic heterocycles. The van der Waals surface area contributed by atoms with E-state index >= 15 is 0 Å². The van der Waals surface area contributed by atoms with Gasteiger partial charge in [0.05, 0.1) is 6.04 Å². The summed E-state index contributed by atoms with van der Waals surface area (Å²) in [7, 11) is 2.16. The van der Waals surface area contributed by atoms with Gasteiger partial charge in [0.15, 0.2) is 0 Å². The largest absolute Gasteiger partial charge is 0.500 e. The van der Waals surface area contributed by atoms with Crippen molar-refractivity contribution >= 4 is 20.8 Å². The lowest BCUT2D eigenvalue weighted by molar-refractivity contribution is -0.121. The van der Waals surface area contributed by atoms with E-state index in [-0.39, 0.29) is 11.9 Å². The van der Waals surface area contributed by atoms with Crippen molar-refractivity contribution in [2.24, 2.45) is 4.99 Å². The van der Waals surface area contributed by atoms with Crippen LogP contribution in [0.5, 0.6) is 0 Å². The summed E-state index contributed by atoms with van der Waals surface area (Å²) in [5.74, 6) is -0.0314. The average molecular weight is 361 g/mol. The van der Waals surface area contributed by atoms with Crippen molar-refractivity contribution in [1.82, 2.24) is 5.32 Å². The van der Waals surface area contributed by atoms with Gasteiger partial charge in [-0.1, -0.05) is 26.2 Å². The quantitative estimate of drug-likeness (QED) is 0.210. The molecule has 0 saturated carbocycles. The molecule has 0 spiro atoms. The zero-order chi connectivity index (χ0) is 18.3. The first-order valence-electron chi connectivity index (χ1n) is 8.56. The minimum Gasteiger partial charge on any atom is -0.377 e. The van der Waals surface area contributed by atoms with Gasteiger partial charge in [-0.2, -0.15) is 0 Å². The molecule has 1 unspecified atom stereocenters.